The van der Waals surface area contributed by atoms with Crippen molar-refractivity contribution in [3.05, 3.63) is 65.5 Å². The fraction of sp³-hybridized carbons (Fsp3) is 0.238. The van der Waals surface area contributed by atoms with Crippen LogP contribution in [0, 0.1) is 0 Å². The van der Waals surface area contributed by atoms with E-state index in [1.54, 1.807) is 30.3 Å². The predicted molar refractivity (Wildman–Crippen MR) is 110 cm³/mol. The van der Waals surface area contributed by atoms with Gasteiger partial charge in [-0.25, -0.2) is 9.98 Å². The molecule has 1 aliphatic rings. The van der Waals surface area contributed by atoms with E-state index in [0.29, 0.717) is 30.9 Å². The summed E-state index contributed by atoms with van der Waals surface area (Å²) in [6.07, 6.45) is 4.45. The number of aromatic nitrogens is 1. The standard InChI is InChI=1S/C21H23N5O2/c1-3-19(27)26(2)16-8-6-14(7-9-16)17-10-11-18(25-17)21(28)24-13-15-5-4-12-23-20(15)22/h4-9,11-12H,3,10,13H2,1-2H3,(H2,22,23)(H,24,28). The van der Waals surface area contributed by atoms with Crippen LogP contribution in [0.25, 0.3) is 0 Å². The maximum absolute atomic E-state index is 12.4. The Labute approximate surface area is 164 Å². The van der Waals surface area contributed by atoms with Crippen molar-refractivity contribution in [2.45, 2.75) is 26.3 Å². The first kappa shape index (κ1) is 19.3. The highest BCUT2D eigenvalue weighted by Gasteiger charge is 2.17. The first-order chi connectivity index (χ1) is 13.5. The summed E-state index contributed by atoms with van der Waals surface area (Å²) in [5.41, 5.74) is 9.52. The molecule has 144 valence electrons. The monoisotopic (exact) mass is 377 g/mol. The molecule has 2 amide bonds. The van der Waals surface area contributed by atoms with E-state index in [1.807, 2.05) is 37.3 Å². The molecule has 3 N–H and O–H groups in total. The molecule has 0 radical (unpaired) electrons. The molecule has 7 heteroatoms. The van der Waals surface area contributed by atoms with Crippen molar-refractivity contribution in [2.75, 3.05) is 17.7 Å². The molecule has 2 aromatic rings. The van der Waals surface area contributed by atoms with Crippen molar-refractivity contribution in [1.29, 1.82) is 0 Å². The third kappa shape index (κ3) is 4.25. The fourth-order valence-electron chi connectivity index (χ4n) is 2.88. The highest BCUT2D eigenvalue weighted by molar-refractivity contribution is 6.08. The van der Waals surface area contributed by atoms with Gasteiger partial charge in [-0.1, -0.05) is 25.1 Å². The van der Waals surface area contributed by atoms with E-state index in [1.165, 1.54) is 0 Å². The number of benzene rings is 1. The first-order valence-electron chi connectivity index (χ1n) is 9.12. The van der Waals surface area contributed by atoms with Gasteiger partial charge in [0, 0.05) is 43.9 Å². The van der Waals surface area contributed by atoms with Gasteiger partial charge in [0.25, 0.3) is 5.91 Å². The Morgan fingerprint density at radius 2 is 1.96 bits per heavy atom. The van der Waals surface area contributed by atoms with Crippen LogP contribution in [0.5, 0.6) is 0 Å². The van der Waals surface area contributed by atoms with Gasteiger partial charge < -0.3 is 16.0 Å². The Morgan fingerprint density at radius 3 is 2.64 bits per heavy atom. The minimum absolute atomic E-state index is 0.0563. The lowest BCUT2D eigenvalue weighted by molar-refractivity contribution is -0.118. The zero-order valence-electron chi connectivity index (χ0n) is 16.0. The van der Waals surface area contributed by atoms with E-state index in [4.69, 9.17) is 5.73 Å². The largest absolute Gasteiger partial charge is 0.383 e. The van der Waals surface area contributed by atoms with Gasteiger partial charge in [0.05, 0.1) is 5.71 Å². The molecule has 1 aliphatic heterocycles. The van der Waals surface area contributed by atoms with Gasteiger partial charge in [0.15, 0.2) is 0 Å². The summed E-state index contributed by atoms with van der Waals surface area (Å²) < 4.78 is 0. The van der Waals surface area contributed by atoms with Gasteiger partial charge in [0.1, 0.15) is 11.5 Å². The van der Waals surface area contributed by atoms with Gasteiger partial charge in [0.2, 0.25) is 5.91 Å². The predicted octanol–water partition coefficient (Wildman–Crippen LogP) is 2.43. The zero-order chi connectivity index (χ0) is 20.1. The summed E-state index contributed by atoms with van der Waals surface area (Å²) in [6, 6.07) is 11.2. The number of nitrogen functional groups attached to an aromatic ring is 1. The molecule has 0 saturated carbocycles. The Balaban J connectivity index is 1.63. The Hall–Kier alpha value is -3.48. The third-order valence-corrected chi connectivity index (χ3v) is 4.61. The van der Waals surface area contributed by atoms with Crippen molar-refractivity contribution in [2.24, 2.45) is 4.99 Å². The zero-order valence-corrected chi connectivity index (χ0v) is 16.0. The smallest absolute Gasteiger partial charge is 0.269 e. The number of carbonyl (C=O) groups is 2. The number of nitrogens with two attached hydrogens (primary N) is 1. The number of carbonyl (C=O) groups excluding carboxylic acids is 2. The minimum Gasteiger partial charge on any atom is -0.383 e. The fourth-order valence-corrected chi connectivity index (χ4v) is 2.88. The first-order valence-corrected chi connectivity index (χ1v) is 9.12. The second-order valence-electron chi connectivity index (χ2n) is 6.44. The van der Waals surface area contributed by atoms with Crippen molar-refractivity contribution in [3.63, 3.8) is 0 Å². The molecule has 2 heterocycles. The van der Waals surface area contributed by atoms with E-state index >= 15 is 0 Å². The molecule has 0 atom stereocenters. The van der Waals surface area contributed by atoms with Gasteiger partial charge in [-0.3, -0.25) is 9.59 Å². The quantitative estimate of drug-likeness (QED) is 0.807. The van der Waals surface area contributed by atoms with Crippen LogP contribution in [-0.4, -0.2) is 29.6 Å². The molecule has 0 bridgehead atoms. The van der Waals surface area contributed by atoms with E-state index in [-0.39, 0.29) is 11.8 Å². The number of rotatable bonds is 6. The van der Waals surface area contributed by atoms with Crippen molar-refractivity contribution in [1.82, 2.24) is 10.3 Å². The lowest BCUT2D eigenvalue weighted by atomic mass is 10.1. The van der Waals surface area contributed by atoms with Gasteiger partial charge >= 0.3 is 0 Å². The maximum atomic E-state index is 12.4. The molecular formula is C21H23N5O2. The maximum Gasteiger partial charge on any atom is 0.269 e. The lowest BCUT2D eigenvalue weighted by Gasteiger charge is -2.16. The van der Waals surface area contributed by atoms with Crippen LogP contribution in [0.1, 0.15) is 30.9 Å². The van der Waals surface area contributed by atoms with Crippen LogP contribution in [0.2, 0.25) is 0 Å². The topological polar surface area (TPSA) is 101 Å². The molecule has 0 fully saturated rings. The number of pyridine rings is 1. The number of hydrogen-bond donors (Lipinski definition) is 2. The second kappa shape index (κ2) is 8.47. The number of nitrogens with zero attached hydrogens (tertiary/aromatic N) is 3. The summed E-state index contributed by atoms with van der Waals surface area (Å²) in [5.74, 6) is 0.211. The lowest BCUT2D eigenvalue weighted by Crippen LogP contribution is -2.25. The van der Waals surface area contributed by atoms with Gasteiger partial charge in [-0.2, -0.15) is 0 Å². The van der Waals surface area contributed by atoms with Crippen LogP contribution in [0.15, 0.2) is 59.4 Å². The number of nitrogens with one attached hydrogen (secondary N) is 1. The summed E-state index contributed by atoms with van der Waals surface area (Å²) in [4.78, 5) is 34.2. The Bertz CT molecular complexity index is 948. The van der Waals surface area contributed by atoms with E-state index in [9.17, 15) is 9.59 Å². The molecule has 0 spiro atoms. The van der Waals surface area contributed by atoms with Crippen LogP contribution in [-0.2, 0) is 16.1 Å². The molecule has 0 aliphatic carbocycles. The number of amides is 2. The number of allylic oxidation sites excluding steroid dienone is 1. The Kier molecular flexibility index (Phi) is 5.84. The van der Waals surface area contributed by atoms with E-state index < -0.39 is 0 Å². The van der Waals surface area contributed by atoms with Crippen molar-refractivity contribution in [3.8, 4) is 0 Å². The summed E-state index contributed by atoms with van der Waals surface area (Å²) in [7, 11) is 1.76. The normalized spacial score (nSPS) is 12.9. The average Bonchev–Trinajstić information content (AvgIpc) is 3.22. The molecule has 0 unspecified atom stereocenters. The second-order valence-corrected chi connectivity index (χ2v) is 6.44. The van der Waals surface area contributed by atoms with Crippen LogP contribution in [0.3, 0.4) is 0 Å². The Morgan fingerprint density at radius 1 is 1.21 bits per heavy atom. The van der Waals surface area contributed by atoms with Crippen LogP contribution in [0.4, 0.5) is 11.5 Å². The highest BCUT2D eigenvalue weighted by atomic mass is 16.2. The molecule has 1 aromatic carbocycles. The summed E-state index contributed by atoms with van der Waals surface area (Å²) >= 11 is 0. The average molecular weight is 377 g/mol. The van der Waals surface area contributed by atoms with E-state index in [2.05, 4.69) is 15.3 Å². The number of hydrogen-bond acceptors (Lipinski definition) is 5. The van der Waals surface area contributed by atoms with Crippen LogP contribution < -0.4 is 16.0 Å². The van der Waals surface area contributed by atoms with Crippen LogP contribution >= 0.6 is 0 Å². The highest BCUT2D eigenvalue weighted by Crippen LogP contribution is 2.20. The minimum atomic E-state index is -0.247. The summed E-state index contributed by atoms with van der Waals surface area (Å²) in [6.45, 7) is 2.13. The number of anilines is 2. The molecule has 28 heavy (non-hydrogen) atoms. The molecule has 3 rings (SSSR count). The van der Waals surface area contributed by atoms with Crippen molar-refractivity contribution >= 4 is 29.0 Å². The molecule has 7 nitrogen and oxygen atoms in total. The molecule has 0 saturated heterocycles. The van der Waals surface area contributed by atoms with Gasteiger partial charge in [-0.05, 0) is 29.8 Å². The third-order valence-electron chi connectivity index (χ3n) is 4.61. The van der Waals surface area contributed by atoms with Crippen molar-refractivity contribution < 1.29 is 9.59 Å². The molecular weight excluding hydrogens is 354 g/mol. The SMILES string of the molecule is CCC(=O)N(C)c1ccc(C2=NC(C(=O)NCc3cccnc3N)=CC2)cc1. The van der Waals surface area contributed by atoms with Gasteiger partial charge in [-0.15, -0.1) is 0 Å². The number of aliphatic imine (C=N–C) groups is 1. The van der Waals surface area contributed by atoms with E-state index in [0.717, 1.165) is 22.5 Å². The molecule has 1 aromatic heterocycles. The summed E-state index contributed by atoms with van der Waals surface area (Å²) in [5, 5.41) is 2.82.